The Bertz CT molecular complexity index is 2580. The highest BCUT2D eigenvalue weighted by Crippen LogP contribution is 2.45. The number of unbranched alkanes of at least 4 members (excludes halogenated alkanes) is 26. The molecule has 0 aliphatic rings. The van der Waals surface area contributed by atoms with Gasteiger partial charge < -0.3 is 33.8 Å². The van der Waals surface area contributed by atoms with Crippen LogP contribution in [0.25, 0.3) is 0 Å². The van der Waals surface area contributed by atoms with Gasteiger partial charge in [0.15, 0.2) is 12.2 Å². The molecule has 0 spiro atoms. The number of aliphatic hydroxyl groups is 1. The average molecular weight is 1530 g/mol. The quantitative estimate of drug-likeness (QED) is 0.0169. The van der Waals surface area contributed by atoms with E-state index in [4.69, 9.17) is 37.0 Å². The predicted molar refractivity (Wildman–Crippen MR) is 436 cm³/mol. The van der Waals surface area contributed by atoms with Gasteiger partial charge in [-0.2, -0.15) is 0 Å². The summed E-state index contributed by atoms with van der Waals surface area (Å²) in [5, 5.41) is 10.7. The number of allylic oxidation sites excluding steroid dienone is 24. The third kappa shape index (κ3) is 77.1. The lowest BCUT2D eigenvalue weighted by Crippen LogP contribution is -2.30. The molecular formula is C87H146O17P2. The molecule has 0 aromatic heterocycles. The third-order valence-electron chi connectivity index (χ3n) is 16.7. The summed E-state index contributed by atoms with van der Waals surface area (Å²) in [5.41, 5.74) is 0. The second kappa shape index (κ2) is 78.1. The highest BCUT2D eigenvalue weighted by atomic mass is 31.2. The molecule has 5 atom stereocenters. The van der Waals surface area contributed by atoms with Crippen molar-refractivity contribution < 1.29 is 80.2 Å². The molecular weight excluding hydrogens is 1380 g/mol. The van der Waals surface area contributed by atoms with Crippen LogP contribution in [0.1, 0.15) is 323 Å². The standard InChI is InChI=1S/C87H146O17P2/c1-5-9-13-17-21-25-29-33-36-38-40-42-45-48-51-55-59-63-67-71-84(89)97-77-82(103-86(91)73-69-65-61-57-53-47-32-28-24-20-16-12-8-4)79-101-105(93,94)99-75-81(88)76-100-106(95,96)102-80-83(104-87(92)74-70-66-62-58-54-50-44-35-31-27-23-19-15-11-7-3)78-98-85(90)72-68-64-60-56-52-49-46-43-41-39-37-34-30-26-22-18-14-10-6-2/h9-10,13-14,16,20-22,25-26,28,32-37,40-44,48,51,81-83,88H,5-8,11-12,15,17-19,23-24,27,29-31,38-39,45-47,49-50,52-80H2,1-4H3,(H,93,94)(H,95,96)/b13-9-,14-10-,20-16-,25-21-,26-22-,32-28-,36-33-,37-34-,42-40-,43-41-,44-35-,51-48-. The maximum atomic E-state index is 13.1. The number of hydrogen-bond acceptors (Lipinski definition) is 15. The second-order valence-electron chi connectivity index (χ2n) is 26.9. The van der Waals surface area contributed by atoms with Crippen LogP contribution in [0.4, 0.5) is 0 Å². The van der Waals surface area contributed by atoms with E-state index in [-0.39, 0.29) is 25.7 Å². The summed E-state index contributed by atoms with van der Waals surface area (Å²) < 4.78 is 68.6. The van der Waals surface area contributed by atoms with Crippen LogP contribution in [0.15, 0.2) is 146 Å². The molecule has 0 amide bonds. The molecule has 0 fully saturated rings. The van der Waals surface area contributed by atoms with E-state index < -0.39 is 97.5 Å². The molecule has 0 aromatic rings. The van der Waals surface area contributed by atoms with Crippen molar-refractivity contribution in [3.05, 3.63) is 146 Å². The number of ether oxygens (including phenoxy) is 4. The van der Waals surface area contributed by atoms with E-state index in [1.807, 2.05) is 0 Å². The molecule has 0 saturated heterocycles. The molecule has 0 rings (SSSR count). The van der Waals surface area contributed by atoms with Crippen molar-refractivity contribution in [2.24, 2.45) is 0 Å². The van der Waals surface area contributed by atoms with Gasteiger partial charge in [-0.25, -0.2) is 9.13 Å². The van der Waals surface area contributed by atoms with E-state index in [0.29, 0.717) is 25.7 Å². The number of aliphatic hydroxyl groups excluding tert-OH is 1. The summed E-state index contributed by atoms with van der Waals surface area (Å²) >= 11 is 0. The number of carbonyl (C=O) groups is 4. The first-order chi connectivity index (χ1) is 51.7. The van der Waals surface area contributed by atoms with Gasteiger partial charge in [-0.1, -0.05) is 283 Å². The fraction of sp³-hybridized carbons (Fsp3) is 0.678. The lowest BCUT2D eigenvalue weighted by atomic mass is 10.1. The van der Waals surface area contributed by atoms with E-state index in [1.165, 1.54) is 38.5 Å². The van der Waals surface area contributed by atoms with Gasteiger partial charge in [-0.3, -0.25) is 37.3 Å². The van der Waals surface area contributed by atoms with Crippen molar-refractivity contribution in [2.75, 3.05) is 39.6 Å². The first kappa shape index (κ1) is 101. The van der Waals surface area contributed by atoms with Crippen LogP contribution in [0, 0.1) is 0 Å². The summed E-state index contributed by atoms with van der Waals surface area (Å²) in [6, 6.07) is 0. The lowest BCUT2D eigenvalue weighted by Gasteiger charge is -2.21. The van der Waals surface area contributed by atoms with E-state index in [1.54, 1.807) is 0 Å². The van der Waals surface area contributed by atoms with Crippen molar-refractivity contribution in [1.82, 2.24) is 0 Å². The van der Waals surface area contributed by atoms with Crippen molar-refractivity contribution in [3.63, 3.8) is 0 Å². The molecule has 0 radical (unpaired) electrons. The van der Waals surface area contributed by atoms with Crippen molar-refractivity contribution in [1.29, 1.82) is 0 Å². The van der Waals surface area contributed by atoms with Gasteiger partial charge in [-0.15, -0.1) is 0 Å². The number of rotatable bonds is 76. The Morgan fingerprint density at radius 3 is 0.811 bits per heavy atom. The Hall–Kier alpha value is -5.06. The van der Waals surface area contributed by atoms with Gasteiger partial charge in [0, 0.05) is 25.7 Å². The van der Waals surface area contributed by atoms with Gasteiger partial charge in [0.05, 0.1) is 26.4 Å². The van der Waals surface area contributed by atoms with Crippen molar-refractivity contribution in [3.8, 4) is 0 Å². The Kier molecular flexibility index (Phi) is 74.3. The fourth-order valence-corrected chi connectivity index (χ4v) is 12.1. The maximum absolute atomic E-state index is 13.1. The zero-order valence-electron chi connectivity index (χ0n) is 66.3. The van der Waals surface area contributed by atoms with Crippen LogP contribution in [0.5, 0.6) is 0 Å². The monoisotopic (exact) mass is 1530 g/mol. The molecule has 0 heterocycles. The second-order valence-corrected chi connectivity index (χ2v) is 29.8. The van der Waals surface area contributed by atoms with E-state index in [2.05, 4.69) is 174 Å². The van der Waals surface area contributed by atoms with Crippen molar-refractivity contribution >= 4 is 39.5 Å². The molecule has 3 N–H and O–H groups in total. The van der Waals surface area contributed by atoms with Gasteiger partial charge in [0.2, 0.25) is 0 Å². The van der Waals surface area contributed by atoms with Crippen LogP contribution in [0.3, 0.4) is 0 Å². The van der Waals surface area contributed by atoms with Crippen LogP contribution < -0.4 is 0 Å². The zero-order chi connectivity index (χ0) is 77.4. The number of hydrogen-bond donors (Lipinski definition) is 3. The largest absolute Gasteiger partial charge is 0.472 e. The topological polar surface area (TPSA) is 237 Å². The van der Waals surface area contributed by atoms with Crippen LogP contribution in [-0.2, 0) is 65.4 Å². The van der Waals surface area contributed by atoms with Crippen LogP contribution in [-0.4, -0.2) is 96.7 Å². The Morgan fingerprint density at radius 1 is 0.274 bits per heavy atom. The normalized spacial score (nSPS) is 14.6. The van der Waals surface area contributed by atoms with Gasteiger partial charge in [0.1, 0.15) is 19.3 Å². The minimum absolute atomic E-state index is 0.0670. The summed E-state index contributed by atoms with van der Waals surface area (Å²) in [6.45, 7) is 4.52. The molecule has 606 valence electrons. The maximum Gasteiger partial charge on any atom is 0.472 e. The molecule has 0 aliphatic heterocycles. The number of phosphoric acid groups is 2. The molecule has 0 aromatic carbocycles. The molecule has 106 heavy (non-hydrogen) atoms. The van der Waals surface area contributed by atoms with Gasteiger partial charge >= 0.3 is 39.5 Å². The number of phosphoric ester groups is 2. The van der Waals surface area contributed by atoms with E-state index in [9.17, 15) is 43.2 Å². The lowest BCUT2D eigenvalue weighted by molar-refractivity contribution is -0.161. The SMILES string of the molecule is CC/C=C\C/C=C\C/C=C\C/C=C\C/C=C\CCCCCC(=O)OCC(COP(=O)(O)OCC(O)COP(=O)(O)OCC(COC(=O)CCCCCCCC/C=C\C/C=C\C/C=C\C/C=C\CC)OC(=O)CCCCCCC/C=C\CCCCCCCC)OC(=O)CCCCCCC/C=C\C/C=C\CCC. The first-order valence-corrected chi connectivity index (χ1v) is 44.1. The first-order valence-electron chi connectivity index (χ1n) is 41.1. The smallest absolute Gasteiger partial charge is 0.462 e. The van der Waals surface area contributed by atoms with Gasteiger partial charge in [0.25, 0.3) is 0 Å². The summed E-state index contributed by atoms with van der Waals surface area (Å²) in [6.07, 6.45) is 89.6. The predicted octanol–water partition coefficient (Wildman–Crippen LogP) is 24.2. The van der Waals surface area contributed by atoms with Gasteiger partial charge in [-0.05, 0) is 161 Å². The Morgan fingerprint density at radius 2 is 0.509 bits per heavy atom. The molecule has 19 heteroatoms. The minimum atomic E-state index is -4.99. The number of carbonyl (C=O) groups excluding carboxylic acids is 4. The molecule has 0 bridgehead atoms. The van der Waals surface area contributed by atoms with Crippen LogP contribution >= 0.6 is 15.6 Å². The summed E-state index contributed by atoms with van der Waals surface area (Å²) in [4.78, 5) is 73.1. The zero-order valence-corrected chi connectivity index (χ0v) is 68.1. The highest BCUT2D eigenvalue weighted by Gasteiger charge is 2.30. The summed E-state index contributed by atoms with van der Waals surface area (Å²) in [7, 11) is -9.99. The molecule has 17 nitrogen and oxygen atoms in total. The van der Waals surface area contributed by atoms with E-state index in [0.717, 1.165) is 205 Å². The fourth-order valence-electron chi connectivity index (χ4n) is 10.6. The molecule has 5 unspecified atom stereocenters. The highest BCUT2D eigenvalue weighted by molar-refractivity contribution is 7.47. The van der Waals surface area contributed by atoms with E-state index >= 15 is 0 Å². The Balaban J connectivity index is 5.40. The van der Waals surface area contributed by atoms with Crippen molar-refractivity contribution in [2.45, 2.75) is 341 Å². The summed E-state index contributed by atoms with van der Waals surface area (Å²) in [5.74, 6) is -2.25. The molecule has 0 aliphatic carbocycles. The van der Waals surface area contributed by atoms with Crippen LogP contribution in [0.2, 0.25) is 0 Å². The minimum Gasteiger partial charge on any atom is -0.462 e. The number of esters is 4. The molecule has 0 saturated carbocycles. The Labute approximate surface area is 643 Å². The average Bonchev–Trinajstić information content (AvgIpc) is 0.901. The third-order valence-corrected chi connectivity index (χ3v) is 18.7.